The largest absolute Gasteiger partial charge is 0.872 e. The summed E-state index contributed by atoms with van der Waals surface area (Å²) >= 11 is 0. The van der Waals surface area contributed by atoms with Crippen molar-refractivity contribution in [2.45, 2.75) is 39.2 Å². The molecule has 2 N–H and O–H groups in total. The highest BCUT2D eigenvalue weighted by Gasteiger charge is 2.21. The van der Waals surface area contributed by atoms with Gasteiger partial charge in [0.05, 0.1) is 6.54 Å². The van der Waals surface area contributed by atoms with Gasteiger partial charge < -0.3 is 14.8 Å². The number of nitrogens with two attached hydrogens (primary N) is 1. The lowest BCUT2D eigenvalue weighted by atomic mass is 10.0. The SMILES string of the molecule is CCC[NH2+]Cc1c([O-])ccc2c3c(c(=O)oc12)CCC3. The van der Waals surface area contributed by atoms with E-state index in [2.05, 4.69) is 12.2 Å². The average molecular weight is 273 g/mol. The van der Waals surface area contributed by atoms with E-state index in [1.807, 2.05) is 6.07 Å². The predicted molar refractivity (Wildman–Crippen MR) is 74.7 cm³/mol. The lowest BCUT2D eigenvalue weighted by Crippen LogP contribution is -2.82. The summed E-state index contributed by atoms with van der Waals surface area (Å²) in [4.78, 5) is 12.0. The summed E-state index contributed by atoms with van der Waals surface area (Å²) in [5.41, 5.74) is 2.78. The van der Waals surface area contributed by atoms with Crippen LogP contribution in [-0.4, -0.2) is 6.54 Å². The summed E-state index contributed by atoms with van der Waals surface area (Å²) in [6, 6.07) is 3.42. The van der Waals surface area contributed by atoms with Crippen LogP contribution >= 0.6 is 0 Å². The van der Waals surface area contributed by atoms with Crippen molar-refractivity contribution >= 4 is 11.0 Å². The van der Waals surface area contributed by atoms with Crippen molar-refractivity contribution in [3.05, 3.63) is 39.2 Å². The Bertz CT molecular complexity index is 703. The van der Waals surface area contributed by atoms with Crippen molar-refractivity contribution in [1.29, 1.82) is 0 Å². The predicted octanol–water partition coefficient (Wildman–Crippen LogP) is 0.829. The van der Waals surface area contributed by atoms with E-state index in [1.54, 1.807) is 6.07 Å². The maximum atomic E-state index is 12.1. The molecule has 1 aromatic carbocycles. The van der Waals surface area contributed by atoms with E-state index in [9.17, 15) is 9.90 Å². The molecule has 106 valence electrons. The van der Waals surface area contributed by atoms with Gasteiger partial charge in [0.1, 0.15) is 12.1 Å². The van der Waals surface area contributed by atoms with Gasteiger partial charge in [0.15, 0.2) is 0 Å². The van der Waals surface area contributed by atoms with Crippen molar-refractivity contribution in [3.63, 3.8) is 0 Å². The van der Waals surface area contributed by atoms with Gasteiger partial charge in [-0.25, -0.2) is 4.79 Å². The highest BCUT2D eigenvalue weighted by molar-refractivity contribution is 5.86. The van der Waals surface area contributed by atoms with Gasteiger partial charge in [0, 0.05) is 16.5 Å². The van der Waals surface area contributed by atoms with Gasteiger partial charge in [-0.2, -0.15) is 0 Å². The third-order valence-corrected chi connectivity index (χ3v) is 4.04. The summed E-state index contributed by atoms with van der Waals surface area (Å²) in [5.74, 6) is -0.0362. The van der Waals surface area contributed by atoms with Crippen LogP contribution in [0.2, 0.25) is 0 Å². The van der Waals surface area contributed by atoms with Crippen LogP contribution in [0, 0.1) is 0 Å². The van der Waals surface area contributed by atoms with Crippen LogP contribution in [-0.2, 0) is 19.4 Å². The summed E-state index contributed by atoms with van der Waals surface area (Å²) in [6.45, 7) is 3.64. The van der Waals surface area contributed by atoms with Gasteiger partial charge in [-0.3, -0.25) is 0 Å². The van der Waals surface area contributed by atoms with Gasteiger partial charge in [-0.1, -0.05) is 24.8 Å². The molecule has 0 radical (unpaired) electrons. The minimum Gasteiger partial charge on any atom is -0.872 e. The van der Waals surface area contributed by atoms with E-state index in [0.717, 1.165) is 48.7 Å². The number of fused-ring (bicyclic) bond motifs is 3. The number of hydrogen-bond acceptors (Lipinski definition) is 3. The van der Waals surface area contributed by atoms with E-state index < -0.39 is 0 Å². The Kier molecular flexibility index (Phi) is 3.49. The fourth-order valence-electron chi connectivity index (χ4n) is 3.03. The third-order valence-electron chi connectivity index (χ3n) is 4.04. The zero-order chi connectivity index (χ0) is 14.1. The summed E-state index contributed by atoms with van der Waals surface area (Å²) in [7, 11) is 0. The molecule has 0 atom stereocenters. The fraction of sp³-hybridized carbons (Fsp3) is 0.438. The Morgan fingerprint density at radius 2 is 2.10 bits per heavy atom. The maximum absolute atomic E-state index is 12.1. The number of rotatable bonds is 4. The summed E-state index contributed by atoms with van der Waals surface area (Å²) in [6.07, 6.45) is 3.76. The van der Waals surface area contributed by atoms with E-state index in [1.165, 1.54) is 0 Å². The maximum Gasteiger partial charge on any atom is 0.339 e. The number of quaternary nitrogens is 1. The van der Waals surface area contributed by atoms with Gasteiger partial charge in [0.2, 0.25) is 0 Å². The van der Waals surface area contributed by atoms with E-state index >= 15 is 0 Å². The monoisotopic (exact) mass is 273 g/mol. The summed E-state index contributed by atoms with van der Waals surface area (Å²) < 4.78 is 5.47. The second-order valence-electron chi connectivity index (χ2n) is 5.40. The topological polar surface area (TPSA) is 69.9 Å². The molecular weight excluding hydrogens is 254 g/mol. The molecule has 4 heteroatoms. The van der Waals surface area contributed by atoms with Crippen molar-refractivity contribution in [3.8, 4) is 5.75 Å². The van der Waals surface area contributed by atoms with Crippen molar-refractivity contribution in [1.82, 2.24) is 0 Å². The third kappa shape index (κ3) is 2.10. The molecule has 1 aromatic heterocycles. The average Bonchev–Trinajstić information content (AvgIpc) is 2.92. The zero-order valence-corrected chi connectivity index (χ0v) is 11.7. The molecule has 0 saturated heterocycles. The molecular formula is C16H19NO3. The molecule has 0 fully saturated rings. The molecule has 0 saturated carbocycles. The van der Waals surface area contributed by atoms with Crippen molar-refractivity contribution in [2.75, 3.05) is 6.54 Å². The first-order chi connectivity index (χ1) is 9.72. The van der Waals surface area contributed by atoms with E-state index in [-0.39, 0.29) is 11.4 Å². The van der Waals surface area contributed by atoms with Crippen LogP contribution in [0.15, 0.2) is 21.3 Å². The second-order valence-corrected chi connectivity index (χ2v) is 5.40. The Morgan fingerprint density at radius 3 is 2.90 bits per heavy atom. The molecule has 2 aromatic rings. The van der Waals surface area contributed by atoms with Gasteiger partial charge >= 0.3 is 5.63 Å². The minimum atomic E-state index is -0.257. The highest BCUT2D eigenvalue weighted by atomic mass is 16.4. The number of hydrogen-bond donors (Lipinski definition) is 1. The zero-order valence-electron chi connectivity index (χ0n) is 11.7. The molecule has 4 nitrogen and oxygen atoms in total. The quantitative estimate of drug-likeness (QED) is 0.662. The first-order valence-corrected chi connectivity index (χ1v) is 7.31. The molecule has 0 amide bonds. The van der Waals surface area contributed by atoms with Gasteiger partial charge in [-0.05, 0) is 31.2 Å². The number of aryl methyl sites for hydroxylation is 1. The molecule has 0 bridgehead atoms. The normalized spacial score (nSPS) is 13.8. The van der Waals surface area contributed by atoms with Crippen LogP contribution in [0.5, 0.6) is 5.75 Å². The summed E-state index contributed by atoms with van der Waals surface area (Å²) in [5, 5.41) is 15.1. The first-order valence-electron chi connectivity index (χ1n) is 7.31. The Labute approximate surface area is 117 Å². The standard InChI is InChI=1S/C16H19NO3/c1-2-8-17-9-13-14(18)7-6-11-10-4-3-5-12(10)16(19)20-15(11)13/h6-7,17-18H,2-5,8-9H2,1H3. The Morgan fingerprint density at radius 1 is 1.30 bits per heavy atom. The fourth-order valence-corrected chi connectivity index (χ4v) is 3.03. The molecule has 3 rings (SSSR count). The molecule has 0 aliphatic heterocycles. The molecule has 20 heavy (non-hydrogen) atoms. The van der Waals surface area contributed by atoms with Gasteiger partial charge in [0.25, 0.3) is 0 Å². The van der Waals surface area contributed by atoms with Gasteiger partial charge in [-0.15, -0.1) is 0 Å². The van der Waals surface area contributed by atoms with Crippen molar-refractivity contribution < 1.29 is 14.8 Å². The Hall–Kier alpha value is -1.81. The first kappa shape index (κ1) is 13.2. The lowest BCUT2D eigenvalue weighted by molar-refractivity contribution is -0.670. The van der Waals surface area contributed by atoms with Crippen LogP contribution in [0.3, 0.4) is 0 Å². The lowest BCUT2D eigenvalue weighted by Gasteiger charge is -2.15. The van der Waals surface area contributed by atoms with Crippen molar-refractivity contribution in [2.24, 2.45) is 0 Å². The molecule has 1 aliphatic rings. The van der Waals surface area contributed by atoms with E-state index in [0.29, 0.717) is 17.7 Å². The molecule has 1 aliphatic carbocycles. The van der Waals surface area contributed by atoms with Crippen LogP contribution in [0.1, 0.15) is 36.5 Å². The van der Waals surface area contributed by atoms with Crippen LogP contribution in [0.25, 0.3) is 11.0 Å². The van der Waals surface area contributed by atoms with E-state index in [4.69, 9.17) is 4.42 Å². The molecule has 0 unspecified atom stereocenters. The highest BCUT2D eigenvalue weighted by Crippen LogP contribution is 2.31. The van der Waals surface area contributed by atoms with Crippen LogP contribution in [0.4, 0.5) is 0 Å². The number of benzene rings is 1. The smallest absolute Gasteiger partial charge is 0.339 e. The second kappa shape index (κ2) is 5.29. The van der Waals surface area contributed by atoms with Crippen LogP contribution < -0.4 is 16.0 Å². The Balaban J connectivity index is 2.16. The molecule has 1 heterocycles. The molecule has 0 spiro atoms. The minimum absolute atomic E-state index is 0.0362.